The summed E-state index contributed by atoms with van der Waals surface area (Å²) in [7, 11) is 0. The van der Waals surface area contributed by atoms with Crippen LogP contribution < -0.4 is 15.5 Å². The molecule has 2 amide bonds. The number of aromatic nitrogens is 1. The van der Waals surface area contributed by atoms with E-state index >= 15 is 0 Å². The summed E-state index contributed by atoms with van der Waals surface area (Å²) in [6, 6.07) is 9.35. The number of carbonyl (C=O) groups is 2. The molecule has 1 aromatic carbocycles. The van der Waals surface area contributed by atoms with Gasteiger partial charge in [0.2, 0.25) is 5.91 Å². The van der Waals surface area contributed by atoms with Gasteiger partial charge in [0.05, 0.1) is 5.56 Å². The maximum atomic E-state index is 13.0. The summed E-state index contributed by atoms with van der Waals surface area (Å²) in [6.45, 7) is 7.88. The topological polar surface area (TPSA) is 74.3 Å². The van der Waals surface area contributed by atoms with Crippen LogP contribution in [0.5, 0.6) is 0 Å². The molecule has 6 heteroatoms. The predicted octanol–water partition coefficient (Wildman–Crippen LogP) is 3.60. The van der Waals surface area contributed by atoms with Crippen molar-refractivity contribution < 1.29 is 9.59 Å². The first-order chi connectivity index (χ1) is 13.3. The second kappa shape index (κ2) is 8.42. The van der Waals surface area contributed by atoms with Gasteiger partial charge >= 0.3 is 0 Å². The van der Waals surface area contributed by atoms with Gasteiger partial charge in [-0.3, -0.25) is 14.6 Å². The summed E-state index contributed by atoms with van der Waals surface area (Å²) in [5.74, 6) is -0.235. The standard InChI is InChI=1S/C22H28N4O2/c1-22(2,3)21(28)25-17-8-9-19(26-11-4-5-12-26)18(13-17)20(27)24-15-16-7-6-10-23-14-16/h6-10,13-14H,4-5,11-12,15H2,1-3H3,(H,24,27)(H,25,28). The average Bonchev–Trinajstić information content (AvgIpc) is 3.20. The van der Waals surface area contributed by atoms with E-state index in [1.54, 1.807) is 18.5 Å². The molecule has 2 aromatic rings. The van der Waals surface area contributed by atoms with Crippen LogP contribution in [0.2, 0.25) is 0 Å². The summed E-state index contributed by atoms with van der Waals surface area (Å²) in [6.07, 6.45) is 5.69. The highest BCUT2D eigenvalue weighted by Gasteiger charge is 2.23. The van der Waals surface area contributed by atoms with E-state index in [0.717, 1.165) is 37.2 Å². The van der Waals surface area contributed by atoms with Crippen LogP contribution >= 0.6 is 0 Å². The van der Waals surface area contributed by atoms with Crippen LogP contribution in [0.1, 0.15) is 49.5 Å². The Morgan fingerprint density at radius 2 is 1.89 bits per heavy atom. The first-order valence-corrected chi connectivity index (χ1v) is 9.72. The molecule has 1 aromatic heterocycles. The average molecular weight is 380 g/mol. The largest absolute Gasteiger partial charge is 0.371 e. The summed E-state index contributed by atoms with van der Waals surface area (Å²) in [4.78, 5) is 31.6. The Morgan fingerprint density at radius 1 is 1.14 bits per heavy atom. The lowest BCUT2D eigenvalue weighted by Gasteiger charge is -2.23. The molecule has 3 rings (SSSR count). The van der Waals surface area contributed by atoms with Crippen molar-refractivity contribution in [2.75, 3.05) is 23.3 Å². The van der Waals surface area contributed by atoms with E-state index in [1.165, 1.54) is 0 Å². The van der Waals surface area contributed by atoms with Crippen molar-refractivity contribution in [2.45, 2.75) is 40.2 Å². The Hall–Kier alpha value is -2.89. The van der Waals surface area contributed by atoms with E-state index in [0.29, 0.717) is 17.8 Å². The van der Waals surface area contributed by atoms with Crippen molar-refractivity contribution in [1.29, 1.82) is 0 Å². The molecular weight excluding hydrogens is 352 g/mol. The number of amides is 2. The van der Waals surface area contributed by atoms with Gasteiger partial charge in [-0.2, -0.15) is 0 Å². The van der Waals surface area contributed by atoms with E-state index in [2.05, 4.69) is 20.5 Å². The molecule has 1 aliphatic heterocycles. The fraction of sp³-hybridized carbons (Fsp3) is 0.409. The third-order valence-electron chi connectivity index (χ3n) is 4.80. The summed E-state index contributed by atoms with van der Waals surface area (Å²) in [5.41, 5.74) is 2.56. The molecule has 148 valence electrons. The van der Waals surface area contributed by atoms with Crippen molar-refractivity contribution in [3.05, 3.63) is 53.9 Å². The van der Waals surface area contributed by atoms with Crippen molar-refractivity contribution in [1.82, 2.24) is 10.3 Å². The molecule has 0 bridgehead atoms. The van der Waals surface area contributed by atoms with Gasteiger partial charge in [0, 0.05) is 48.8 Å². The van der Waals surface area contributed by atoms with Gasteiger partial charge in [0.15, 0.2) is 0 Å². The van der Waals surface area contributed by atoms with Crippen LogP contribution in [-0.2, 0) is 11.3 Å². The first kappa shape index (κ1) is 19.9. The van der Waals surface area contributed by atoms with E-state index in [-0.39, 0.29) is 11.8 Å². The third kappa shape index (κ3) is 4.88. The maximum Gasteiger partial charge on any atom is 0.253 e. The molecule has 28 heavy (non-hydrogen) atoms. The van der Waals surface area contributed by atoms with Gasteiger partial charge in [-0.05, 0) is 42.7 Å². The van der Waals surface area contributed by atoms with Crippen molar-refractivity contribution >= 4 is 23.2 Å². The van der Waals surface area contributed by atoms with Crippen LogP contribution in [0, 0.1) is 5.41 Å². The second-order valence-electron chi connectivity index (χ2n) is 8.17. The van der Waals surface area contributed by atoms with Gasteiger partial charge < -0.3 is 15.5 Å². The quantitative estimate of drug-likeness (QED) is 0.831. The highest BCUT2D eigenvalue weighted by atomic mass is 16.2. The fourth-order valence-corrected chi connectivity index (χ4v) is 3.13. The van der Waals surface area contributed by atoms with Crippen LogP contribution in [0.4, 0.5) is 11.4 Å². The van der Waals surface area contributed by atoms with Crippen LogP contribution in [-0.4, -0.2) is 29.9 Å². The minimum Gasteiger partial charge on any atom is -0.371 e. The van der Waals surface area contributed by atoms with E-state index in [1.807, 2.05) is 45.0 Å². The number of nitrogens with zero attached hydrogens (tertiary/aromatic N) is 2. The van der Waals surface area contributed by atoms with E-state index in [9.17, 15) is 9.59 Å². The molecule has 0 radical (unpaired) electrons. The summed E-state index contributed by atoms with van der Waals surface area (Å²) in [5, 5.41) is 5.89. The maximum absolute atomic E-state index is 13.0. The van der Waals surface area contributed by atoms with E-state index in [4.69, 9.17) is 0 Å². The number of benzene rings is 1. The fourth-order valence-electron chi connectivity index (χ4n) is 3.13. The number of anilines is 2. The molecular formula is C22H28N4O2. The zero-order valence-electron chi connectivity index (χ0n) is 16.8. The third-order valence-corrected chi connectivity index (χ3v) is 4.80. The van der Waals surface area contributed by atoms with Crippen LogP contribution in [0.25, 0.3) is 0 Å². The zero-order chi connectivity index (χ0) is 20.1. The highest BCUT2D eigenvalue weighted by Crippen LogP contribution is 2.28. The molecule has 1 fully saturated rings. The lowest BCUT2D eigenvalue weighted by molar-refractivity contribution is -0.123. The molecule has 0 aliphatic carbocycles. The molecule has 2 N–H and O–H groups in total. The van der Waals surface area contributed by atoms with Crippen molar-refractivity contribution in [3.63, 3.8) is 0 Å². The van der Waals surface area contributed by atoms with Gasteiger partial charge in [-0.1, -0.05) is 26.8 Å². The lowest BCUT2D eigenvalue weighted by atomic mass is 9.95. The monoisotopic (exact) mass is 380 g/mol. The molecule has 0 atom stereocenters. The van der Waals surface area contributed by atoms with Gasteiger partial charge in [-0.15, -0.1) is 0 Å². The highest BCUT2D eigenvalue weighted by molar-refractivity contribution is 6.02. The Morgan fingerprint density at radius 3 is 2.54 bits per heavy atom. The Bertz CT molecular complexity index is 837. The lowest BCUT2D eigenvalue weighted by Crippen LogP contribution is -2.29. The Balaban J connectivity index is 1.83. The SMILES string of the molecule is CC(C)(C)C(=O)Nc1ccc(N2CCCC2)c(C(=O)NCc2cccnc2)c1. The van der Waals surface area contributed by atoms with Crippen molar-refractivity contribution in [2.24, 2.45) is 5.41 Å². The first-order valence-electron chi connectivity index (χ1n) is 9.72. The number of rotatable bonds is 5. The van der Waals surface area contributed by atoms with Gasteiger partial charge in [-0.25, -0.2) is 0 Å². The number of carbonyl (C=O) groups excluding carboxylic acids is 2. The van der Waals surface area contributed by atoms with Gasteiger partial charge in [0.1, 0.15) is 0 Å². The number of nitrogens with one attached hydrogen (secondary N) is 2. The summed E-state index contributed by atoms with van der Waals surface area (Å²) >= 11 is 0. The molecule has 2 heterocycles. The Labute approximate surface area is 166 Å². The smallest absolute Gasteiger partial charge is 0.253 e. The number of hydrogen-bond donors (Lipinski definition) is 2. The van der Waals surface area contributed by atoms with Crippen LogP contribution in [0.15, 0.2) is 42.7 Å². The molecule has 6 nitrogen and oxygen atoms in total. The van der Waals surface area contributed by atoms with Crippen molar-refractivity contribution in [3.8, 4) is 0 Å². The second-order valence-corrected chi connectivity index (χ2v) is 8.17. The number of hydrogen-bond acceptors (Lipinski definition) is 4. The molecule has 0 unspecified atom stereocenters. The normalized spacial score (nSPS) is 14.0. The molecule has 0 spiro atoms. The number of pyridine rings is 1. The minimum atomic E-state index is -0.504. The molecule has 1 aliphatic rings. The molecule has 0 saturated carbocycles. The Kier molecular flexibility index (Phi) is 5.97. The van der Waals surface area contributed by atoms with Gasteiger partial charge in [0.25, 0.3) is 5.91 Å². The minimum absolute atomic E-state index is 0.0804. The van der Waals surface area contributed by atoms with Crippen LogP contribution in [0.3, 0.4) is 0 Å². The summed E-state index contributed by atoms with van der Waals surface area (Å²) < 4.78 is 0. The predicted molar refractivity (Wildman–Crippen MR) is 111 cm³/mol. The molecule has 1 saturated heterocycles. The zero-order valence-corrected chi connectivity index (χ0v) is 16.8. The van der Waals surface area contributed by atoms with E-state index < -0.39 is 5.41 Å².